The van der Waals surface area contributed by atoms with E-state index >= 15 is 0 Å². The number of likely N-dealkylation sites (N-methyl/N-ethyl adjacent to an activating group) is 1. The van der Waals surface area contributed by atoms with E-state index < -0.39 is 0 Å². The Labute approximate surface area is 157 Å². The summed E-state index contributed by atoms with van der Waals surface area (Å²) in [4.78, 5) is 17.6. The zero-order chi connectivity index (χ0) is 18.4. The van der Waals surface area contributed by atoms with Gasteiger partial charge in [0.05, 0.1) is 6.04 Å². The number of carbonyl (C=O) groups excluding carboxylic acids is 1. The molecule has 2 aliphatic rings. The second-order valence-electron chi connectivity index (χ2n) is 7.77. The Balaban J connectivity index is 1.61. The topological polar surface area (TPSA) is 61.6 Å². The fourth-order valence-electron chi connectivity index (χ4n) is 4.30. The molecule has 0 spiro atoms. The summed E-state index contributed by atoms with van der Waals surface area (Å²) in [6.45, 7) is 4.49. The van der Waals surface area contributed by atoms with Gasteiger partial charge in [-0.25, -0.2) is 0 Å². The predicted molar refractivity (Wildman–Crippen MR) is 107 cm³/mol. The quantitative estimate of drug-likeness (QED) is 0.736. The van der Waals surface area contributed by atoms with Crippen molar-refractivity contribution in [2.24, 2.45) is 5.73 Å². The van der Waals surface area contributed by atoms with Crippen LogP contribution in [0.3, 0.4) is 0 Å². The van der Waals surface area contributed by atoms with Gasteiger partial charge in [0.25, 0.3) is 0 Å². The van der Waals surface area contributed by atoms with E-state index in [4.69, 9.17) is 5.73 Å². The Morgan fingerprint density at radius 3 is 2.81 bits per heavy atom. The number of benzene rings is 1. The van der Waals surface area contributed by atoms with Crippen LogP contribution in [0.25, 0.3) is 0 Å². The van der Waals surface area contributed by atoms with Crippen molar-refractivity contribution in [1.29, 1.82) is 0 Å². The molecule has 26 heavy (non-hydrogen) atoms. The van der Waals surface area contributed by atoms with Crippen molar-refractivity contribution in [3.63, 3.8) is 0 Å². The zero-order valence-corrected chi connectivity index (χ0v) is 16.1. The molecule has 0 aromatic heterocycles. The Morgan fingerprint density at radius 1 is 1.15 bits per heavy atom. The third-order valence-electron chi connectivity index (χ3n) is 5.94. The number of hydrogen-bond acceptors (Lipinski definition) is 4. The summed E-state index contributed by atoms with van der Waals surface area (Å²) < 4.78 is 0. The number of fused-ring (bicyclic) bond motifs is 1. The number of unbranched alkanes of at least 4 members (excludes halogenated alkanes) is 1. The minimum atomic E-state index is 0.0239. The molecule has 2 heterocycles. The van der Waals surface area contributed by atoms with Crippen LogP contribution >= 0.6 is 0 Å². The largest absolute Gasteiger partial charge is 0.384 e. The van der Waals surface area contributed by atoms with Crippen molar-refractivity contribution < 1.29 is 4.79 Å². The van der Waals surface area contributed by atoms with E-state index in [0.29, 0.717) is 18.4 Å². The van der Waals surface area contributed by atoms with Crippen LogP contribution in [-0.4, -0.2) is 61.5 Å². The third kappa shape index (κ3) is 4.57. The monoisotopic (exact) mass is 358 g/mol. The number of nitrogens with one attached hydrogen (secondary N) is 1. The lowest BCUT2D eigenvalue weighted by Crippen LogP contribution is -2.50. The molecular weight excluding hydrogens is 324 g/mol. The second-order valence-corrected chi connectivity index (χ2v) is 7.77. The number of nitrogens with two attached hydrogens (primary N) is 1. The predicted octanol–water partition coefficient (Wildman–Crippen LogP) is 2.64. The molecule has 0 saturated carbocycles. The Bertz CT molecular complexity index is 591. The highest BCUT2D eigenvalue weighted by atomic mass is 16.2. The van der Waals surface area contributed by atoms with Gasteiger partial charge < -0.3 is 16.0 Å². The van der Waals surface area contributed by atoms with Crippen LogP contribution in [0.2, 0.25) is 0 Å². The Morgan fingerprint density at radius 2 is 1.96 bits per heavy atom. The molecule has 1 fully saturated rings. The number of rotatable bonds is 7. The third-order valence-corrected chi connectivity index (χ3v) is 5.94. The van der Waals surface area contributed by atoms with Crippen LogP contribution in [0, 0.1) is 0 Å². The average molecular weight is 359 g/mol. The van der Waals surface area contributed by atoms with Crippen LogP contribution in [-0.2, 0) is 4.79 Å². The van der Waals surface area contributed by atoms with Crippen LogP contribution in [0.15, 0.2) is 24.3 Å². The van der Waals surface area contributed by atoms with E-state index in [1.807, 2.05) is 0 Å². The summed E-state index contributed by atoms with van der Waals surface area (Å²) in [5.74, 6) is 0.835. The summed E-state index contributed by atoms with van der Waals surface area (Å²) in [6, 6.07) is 8.59. The molecule has 5 heteroatoms. The standard InChI is InChI=1S/C21H34N4O/c1-24-13-6-7-14-25(21(26)20(24)10-4-5-12-22)15-11-17-16-23-19-9-3-2-8-18(17)19/h2-3,8-9,17,20,23H,4-7,10-16,22H2,1H3/t17?,20-/m0/s1. The van der Waals surface area contributed by atoms with Crippen LogP contribution < -0.4 is 11.1 Å². The Hall–Kier alpha value is -1.59. The molecule has 3 rings (SSSR count). The summed E-state index contributed by atoms with van der Waals surface area (Å²) in [7, 11) is 2.10. The first-order valence-corrected chi connectivity index (χ1v) is 10.2. The lowest BCUT2D eigenvalue weighted by molar-refractivity contribution is -0.138. The fourth-order valence-corrected chi connectivity index (χ4v) is 4.30. The average Bonchev–Trinajstić information content (AvgIpc) is 3.06. The number of hydrogen-bond donors (Lipinski definition) is 2. The lowest BCUT2D eigenvalue weighted by Gasteiger charge is -2.35. The SMILES string of the molecule is CN1CCCCN(CCC2CNc3ccccc32)C(=O)[C@@H]1CCCCN. The van der Waals surface area contributed by atoms with E-state index in [0.717, 1.165) is 58.3 Å². The molecule has 1 aromatic carbocycles. The van der Waals surface area contributed by atoms with Crippen molar-refractivity contribution in [3.05, 3.63) is 29.8 Å². The van der Waals surface area contributed by atoms with Crippen LogP contribution in [0.4, 0.5) is 5.69 Å². The highest BCUT2D eigenvalue weighted by Gasteiger charge is 2.30. The van der Waals surface area contributed by atoms with Gasteiger partial charge in [-0.05, 0) is 63.9 Å². The van der Waals surface area contributed by atoms with E-state index in [9.17, 15) is 4.79 Å². The minimum Gasteiger partial charge on any atom is -0.384 e. The number of para-hydroxylation sites is 1. The van der Waals surface area contributed by atoms with E-state index in [-0.39, 0.29) is 6.04 Å². The van der Waals surface area contributed by atoms with E-state index in [1.165, 1.54) is 17.7 Å². The Kier molecular flexibility index (Phi) is 6.92. The second kappa shape index (κ2) is 9.38. The van der Waals surface area contributed by atoms with E-state index in [1.54, 1.807) is 0 Å². The number of anilines is 1. The summed E-state index contributed by atoms with van der Waals surface area (Å²) in [5.41, 5.74) is 8.30. The lowest BCUT2D eigenvalue weighted by atomic mass is 9.97. The van der Waals surface area contributed by atoms with Gasteiger partial charge in [-0.15, -0.1) is 0 Å². The first-order valence-electron chi connectivity index (χ1n) is 10.2. The van der Waals surface area contributed by atoms with Gasteiger partial charge >= 0.3 is 0 Å². The van der Waals surface area contributed by atoms with Gasteiger partial charge in [0, 0.05) is 31.2 Å². The number of nitrogens with zero attached hydrogens (tertiary/aromatic N) is 2. The van der Waals surface area contributed by atoms with Crippen LogP contribution in [0.5, 0.6) is 0 Å². The van der Waals surface area contributed by atoms with Gasteiger partial charge in [-0.1, -0.05) is 24.6 Å². The molecule has 144 valence electrons. The molecule has 1 saturated heterocycles. The summed E-state index contributed by atoms with van der Waals surface area (Å²) in [5, 5.41) is 3.50. The molecule has 1 aromatic rings. The molecule has 0 bridgehead atoms. The van der Waals surface area contributed by atoms with Gasteiger partial charge in [-0.2, -0.15) is 0 Å². The van der Waals surface area contributed by atoms with Crippen molar-refractivity contribution >= 4 is 11.6 Å². The summed E-state index contributed by atoms with van der Waals surface area (Å²) >= 11 is 0. The normalized spacial score (nSPS) is 24.1. The first kappa shape index (κ1) is 19.2. The van der Waals surface area contributed by atoms with Crippen molar-refractivity contribution in [3.8, 4) is 0 Å². The minimum absolute atomic E-state index is 0.0239. The van der Waals surface area contributed by atoms with Crippen molar-refractivity contribution in [2.75, 3.05) is 45.1 Å². The summed E-state index contributed by atoms with van der Waals surface area (Å²) in [6.07, 6.45) is 6.27. The van der Waals surface area contributed by atoms with Crippen molar-refractivity contribution in [1.82, 2.24) is 9.80 Å². The maximum atomic E-state index is 13.2. The number of amides is 1. The highest BCUT2D eigenvalue weighted by molar-refractivity contribution is 5.82. The molecule has 1 unspecified atom stereocenters. The molecule has 1 amide bonds. The molecule has 5 nitrogen and oxygen atoms in total. The van der Waals surface area contributed by atoms with E-state index in [2.05, 4.69) is 46.4 Å². The fraction of sp³-hybridized carbons (Fsp3) is 0.667. The van der Waals surface area contributed by atoms with Gasteiger partial charge in [0.1, 0.15) is 0 Å². The molecule has 2 atom stereocenters. The van der Waals surface area contributed by atoms with Crippen LogP contribution in [0.1, 0.15) is 50.0 Å². The van der Waals surface area contributed by atoms with Crippen molar-refractivity contribution in [2.45, 2.75) is 50.5 Å². The maximum Gasteiger partial charge on any atom is 0.239 e. The molecule has 0 radical (unpaired) electrons. The molecular formula is C21H34N4O. The zero-order valence-electron chi connectivity index (χ0n) is 16.1. The smallest absolute Gasteiger partial charge is 0.239 e. The molecule has 0 aliphatic carbocycles. The first-order chi connectivity index (χ1) is 12.7. The number of carbonyl (C=O) groups is 1. The molecule has 3 N–H and O–H groups in total. The van der Waals surface area contributed by atoms with Gasteiger partial charge in [-0.3, -0.25) is 9.69 Å². The van der Waals surface area contributed by atoms with Gasteiger partial charge in [0.15, 0.2) is 0 Å². The van der Waals surface area contributed by atoms with Gasteiger partial charge in [0.2, 0.25) is 5.91 Å². The molecule has 2 aliphatic heterocycles. The highest BCUT2D eigenvalue weighted by Crippen LogP contribution is 2.33. The maximum absolute atomic E-state index is 13.2.